The quantitative estimate of drug-likeness (QED) is 0.372. The fourth-order valence-corrected chi connectivity index (χ4v) is 6.16. The molecule has 1 atom stereocenters. The van der Waals surface area contributed by atoms with E-state index in [-0.39, 0.29) is 24.2 Å². The van der Waals surface area contributed by atoms with Gasteiger partial charge in [0.05, 0.1) is 7.11 Å². The maximum Gasteiger partial charge on any atom is 0.248 e. The average molecular weight is 548 g/mol. The van der Waals surface area contributed by atoms with Crippen LogP contribution in [0.4, 0.5) is 4.39 Å². The van der Waals surface area contributed by atoms with Gasteiger partial charge in [-0.3, -0.25) is 9.59 Å². The van der Waals surface area contributed by atoms with Gasteiger partial charge >= 0.3 is 0 Å². The number of carbonyl (C=O) groups is 2. The van der Waals surface area contributed by atoms with Gasteiger partial charge in [-0.25, -0.2) is 9.40 Å². The Labute approximate surface area is 231 Å². The number of amides is 2. The molecule has 1 aliphatic heterocycles. The molecule has 2 amide bonds. The number of rotatable bonds is 8. The van der Waals surface area contributed by atoms with E-state index in [1.807, 2.05) is 18.2 Å². The lowest BCUT2D eigenvalue weighted by Gasteiger charge is -2.28. The van der Waals surface area contributed by atoms with Crippen LogP contribution in [-0.4, -0.2) is 29.0 Å². The lowest BCUT2D eigenvalue weighted by atomic mass is 9.88. The number of hydrogen-bond donors (Lipinski definition) is 1. The van der Waals surface area contributed by atoms with Crippen molar-refractivity contribution < 1.29 is 23.5 Å². The molecule has 0 bridgehead atoms. The van der Waals surface area contributed by atoms with E-state index in [4.69, 9.17) is 20.3 Å². The molecule has 1 heterocycles. The van der Waals surface area contributed by atoms with Crippen molar-refractivity contribution in [3.05, 3.63) is 94.8 Å². The first kappa shape index (κ1) is 26.7. The maximum atomic E-state index is 13.7. The summed E-state index contributed by atoms with van der Waals surface area (Å²) in [4.78, 5) is 25.3. The van der Waals surface area contributed by atoms with Crippen LogP contribution in [0.25, 0.3) is 0 Å². The highest BCUT2D eigenvalue weighted by Gasteiger charge is 2.39. The second-order valence-corrected chi connectivity index (χ2v) is 10.7. The minimum Gasteiger partial charge on any atom is -0.492 e. The number of benzene rings is 3. The van der Waals surface area contributed by atoms with Crippen LogP contribution in [0.1, 0.15) is 64.5 Å². The second-order valence-electron chi connectivity index (χ2n) is 9.63. The highest BCUT2D eigenvalue weighted by atomic mass is 32.2. The van der Waals surface area contributed by atoms with Crippen molar-refractivity contribution in [1.29, 1.82) is 0 Å². The molecule has 1 unspecified atom stereocenters. The Morgan fingerprint density at radius 2 is 1.79 bits per heavy atom. The van der Waals surface area contributed by atoms with Crippen LogP contribution in [0.2, 0.25) is 0 Å². The highest BCUT2D eigenvalue weighted by Crippen LogP contribution is 2.48. The smallest absolute Gasteiger partial charge is 0.248 e. The number of ether oxygens (including phenoxy) is 2. The summed E-state index contributed by atoms with van der Waals surface area (Å²) < 4.78 is 25.5. The molecular weight excluding hydrogens is 517 g/mol. The molecule has 39 heavy (non-hydrogen) atoms. The Balaban J connectivity index is 1.45. The zero-order valence-corrected chi connectivity index (χ0v) is 22.5. The van der Waals surface area contributed by atoms with Gasteiger partial charge in [0.25, 0.3) is 0 Å². The van der Waals surface area contributed by atoms with E-state index in [2.05, 4.69) is 0 Å². The lowest BCUT2D eigenvalue weighted by molar-refractivity contribution is -0.137. The topological polar surface area (TPSA) is 94.2 Å². The fourth-order valence-electron chi connectivity index (χ4n) is 4.98. The number of primary amides is 1. The van der Waals surface area contributed by atoms with E-state index in [1.165, 1.54) is 23.9 Å². The first-order valence-corrected chi connectivity index (χ1v) is 13.9. The fraction of sp³-hybridized carbons (Fsp3) is 0.300. The summed E-state index contributed by atoms with van der Waals surface area (Å²) in [6, 6.07) is 18.6. The van der Waals surface area contributed by atoms with E-state index in [0.717, 1.165) is 48.8 Å². The summed E-state index contributed by atoms with van der Waals surface area (Å²) in [5.41, 5.74) is 8.09. The number of thioether (sulfide) groups is 1. The molecule has 2 aliphatic rings. The minimum atomic E-state index is -0.505. The Kier molecular flexibility index (Phi) is 8.16. The van der Waals surface area contributed by atoms with E-state index >= 15 is 0 Å². The molecule has 1 saturated carbocycles. The van der Waals surface area contributed by atoms with Gasteiger partial charge in [0.15, 0.2) is 11.5 Å². The monoisotopic (exact) mass is 547 g/mol. The number of carbonyl (C=O) groups excluding carboxylic acids is 2. The van der Waals surface area contributed by atoms with Crippen LogP contribution in [-0.2, 0) is 11.4 Å². The largest absolute Gasteiger partial charge is 0.492 e. The van der Waals surface area contributed by atoms with Crippen molar-refractivity contribution in [2.45, 2.75) is 44.1 Å². The van der Waals surface area contributed by atoms with Crippen LogP contribution >= 0.6 is 11.8 Å². The van der Waals surface area contributed by atoms with Crippen molar-refractivity contribution >= 4 is 28.6 Å². The number of hydrogen-bond acceptors (Lipinski definition) is 6. The molecule has 3 aromatic rings. The molecule has 0 radical (unpaired) electrons. The molecule has 7 nitrogen and oxygen atoms in total. The maximum absolute atomic E-state index is 13.7. The number of nitrogens with zero attached hydrogens (tertiary/aromatic N) is 2. The number of halogens is 1. The van der Waals surface area contributed by atoms with Crippen LogP contribution in [0.15, 0.2) is 71.8 Å². The molecule has 0 aromatic heterocycles. The van der Waals surface area contributed by atoms with E-state index < -0.39 is 11.3 Å². The van der Waals surface area contributed by atoms with Crippen LogP contribution in [0.3, 0.4) is 0 Å². The van der Waals surface area contributed by atoms with Crippen molar-refractivity contribution in [2.24, 2.45) is 16.8 Å². The standard InChI is InChI=1S/C30H30FN3O4S/c1-37-26-24(11-6-12-25(26)38-18-19-7-5-10-22(17-19)27(32)35)30-34(29(36)21-8-3-2-4-9-21)33-28(39-30)20-13-15-23(31)16-14-20/h5-7,10-17,21,30H,2-4,8-9,18H2,1H3,(H2,32,35). The van der Waals surface area contributed by atoms with E-state index in [0.29, 0.717) is 22.1 Å². The molecule has 1 aliphatic carbocycles. The highest BCUT2D eigenvalue weighted by molar-refractivity contribution is 8.14. The lowest BCUT2D eigenvalue weighted by Crippen LogP contribution is -2.33. The summed E-state index contributed by atoms with van der Waals surface area (Å²) in [7, 11) is 1.56. The van der Waals surface area contributed by atoms with Crippen molar-refractivity contribution in [2.75, 3.05) is 7.11 Å². The SMILES string of the molecule is COc1c(OCc2cccc(C(N)=O)c2)cccc1C1SC(c2ccc(F)cc2)=NN1C(=O)C1CCCCC1. The zero-order valence-electron chi connectivity index (χ0n) is 21.6. The molecular formula is C30H30FN3O4S. The van der Waals surface area contributed by atoms with Crippen LogP contribution < -0.4 is 15.2 Å². The molecule has 9 heteroatoms. The summed E-state index contributed by atoms with van der Waals surface area (Å²) in [5, 5.41) is 6.48. The van der Waals surface area contributed by atoms with E-state index in [1.54, 1.807) is 48.5 Å². The van der Waals surface area contributed by atoms with Gasteiger partial charge in [-0.1, -0.05) is 55.3 Å². The molecule has 0 spiro atoms. The Hall–Kier alpha value is -3.85. The first-order chi connectivity index (χ1) is 18.9. The summed E-state index contributed by atoms with van der Waals surface area (Å²) in [5.74, 6) is 0.0665. The summed E-state index contributed by atoms with van der Waals surface area (Å²) >= 11 is 1.43. The summed E-state index contributed by atoms with van der Waals surface area (Å²) in [6.45, 7) is 0.195. The van der Waals surface area contributed by atoms with Gasteiger partial charge in [-0.15, -0.1) is 0 Å². The van der Waals surface area contributed by atoms with Crippen molar-refractivity contribution in [3.8, 4) is 11.5 Å². The van der Waals surface area contributed by atoms with Crippen molar-refractivity contribution in [3.63, 3.8) is 0 Å². The predicted octanol–water partition coefficient (Wildman–Crippen LogP) is 6.03. The molecule has 2 N–H and O–H groups in total. The number of para-hydroxylation sites is 1. The molecule has 0 saturated heterocycles. The average Bonchev–Trinajstić information content (AvgIpc) is 3.41. The van der Waals surface area contributed by atoms with Crippen molar-refractivity contribution in [1.82, 2.24) is 5.01 Å². The van der Waals surface area contributed by atoms with Crippen LogP contribution in [0.5, 0.6) is 11.5 Å². The first-order valence-electron chi connectivity index (χ1n) is 13.0. The zero-order chi connectivity index (χ0) is 27.4. The Morgan fingerprint density at radius 1 is 1.05 bits per heavy atom. The predicted molar refractivity (Wildman–Crippen MR) is 149 cm³/mol. The number of nitrogens with two attached hydrogens (primary N) is 1. The minimum absolute atomic E-state index is 0.0130. The summed E-state index contributed by atoms with van der Waals surface area (Å²) in [6.07, 6.45) is 4.89. The van der Waals surface area contributed by atoms with Gasteiger partial charge in [0.1, 0.15) is 22.8 Å². The van der Waals surface area contributed by atoms with Gasteiger partial charge < -0.3 is 15.2 Å². The van der Waals surface area contributed by atoms with Gasteiger partial charge in [-0.2, -0.15) is 5.10 Å². The van der Waals surface area contributed by atoms with E-state index in [9.17, 15) is 14.0 Å². The van der Waals surface area contributed by atoms with Crippen LogP contribution in [0, 0.1) is 11.7 Å². The third-order valence-corrected chi connectivity index (χ3v) is 8.22. The third kappa shape index (κ3) is 5.93. The molecule has 3 aromatic carbocycles. The number of hydrazone groups is 1. The van der Waals surface area contributed by atoms with Gasteiger partial charge in [0, 0.05) is 22.6 Å². The second kappa shape index (κ2) is 11.9. The normalized spacial score (nSPS) is 17.5. The Morgan fingerprint density at radius 3 is 2.51 bits per heavy atom. The van der Waals surface area contributed by atoms with Gasteiger partial charge in [-0.05, 0) is 60.9 Å². The molecule has 1 fully saturated rings. The van der Waals surface area contributed by atoms with Gasteiger partial charge in [0.2, 0.25) is 11.8 Å². The Bertz CT molecular complexity index is 1390. The molecule has 202 valence electrons. The number of methoxy groups -OCH3 is 1. The molecule has 5 rings (SSSR count). The third-order valence-electron chi connectivity index (χ3n) is 7.00.